The van der Waals surface area contributed by atoms with Gasteiger partial charge in [-0.2, -0.15) is 13.2 Å². The molecule has 0 aromatic heterocycles. The predicted octanol–water partition coefficient (Wildman–Crippen LogP) is 4.98. The Labute approximate surface area is 167 Å². The Kier molecular flexibility index (Phi) is 5.56. The third-order valence-electron chi connectivity index (χ3n) is 3.99. The van der Waals surface area contributed by atoms with Crippen molar-refractivity contribution in [2.24, 2.45) is 0 Å². The van der Waals surface area contributed by atoms with Gasteiger partial charge in [0, 0.05) is 22.6 Å². The van der Waals surface area contributed by atoms with Crippen LogP contribution in [0.5, 0.6) is 5.75 Å². The van der Waals surface area contributed by atoms with E-state index >= 15 is 0 Å². The van der Waals surface area contributed by atoms with E-state index in [4.69, 9.17) is 9.47 Å². The lowest BCUT2D eigenvalue weighted by molar-refractivity contribution is -0.384. The van der Waals surface area contributed by atoms with Crippen LogP contribution in [0.4, 0.5) is 18.9 Å². The monoisotopic (exact) mass is 425 g/mol. The standard InChI is InChI=1S/C19H14F3NO5S/c1-2-27-17(24)15-11-12-10-13(23(25)26)8-9-16(12)28-18(15,19(20,21)22)29-14-6-4-3-5-7-14/h3-11H,2H2,1H3. The molecule has 6 nitrogen and oxygen atoms in total. The second kappa shape index (κ2) is 7.78. The van der Waals surface area contributed by atoms with E-state index in [9.17, 15) is 28.1 Å². The highest BCUT2D eigenvalue weighted by atomic mass is 32.2. The number of hydrogen-bond donors (Lipinski definition) is 0. The maximum Gasteiger partial charge on any atom is 0.443 e. The molecule has 1 unspecified atom stereocenters. The molecule has 0 fully saturated rings. The molecule has 1 heterocycles. The zero-order valence-corrected chi connectivity index (χ0v) is 15.8. The minimum absolute atomic E-state index is 0.0178. The summed E-state index contributed by atoms with van der Waals surface area (Å²) in [6, 6.07) is 10.8. The molecule has 0 saturated carbocycles. The maximum absolute atomic E-state index is 14.3. The summed E-state index contributed by atoms with van der Waals surface area (Å²) in [4.78, 5) is 19.9. The number of esters is 1. The van der Waals surface area contributed by atoms with Gasteiger partial charge in [0.25, 0.3) is 10.6 Å². The van der Waals surface area contributed by atoms with Gasteiger partial charge in [-0.3, -0.25) is 10.1 Å². The van der Waals surface area contributed by atoms with Crippen LogP contribution in [0, 0.1) is 10.1 Å². The molecule has 2 aromatic rings. The van der Waals surface area contributed by atoms with Crippen molar-refractivity contribution in [2.45, 2.75) is 22.9 Å². The Balaban J connectivity index is 2.21. The van der Waals surface area contributed by atoms with Gasteiger partial charge in [0.1, 0.15) is 11.3 Å². The predicted molar refractivity (Wildman–Crippen MR) is 99.4 cm³/mol. The second-order valence-corrected chi connectivity index (χ2v) is 7.14. The quantitative estimate of drug-likeness (QED) is 0.382. The zero-order valence-electron chi connectivity index (χ0n) is 14.9. The molecule has 10 heteroatoms. The Hall–Kier alpha value is -3.01. The summed E-state index contributed by atoms with van der Waals surface area (Å²) in [5.41, 5.74) is -1.16. The molecule has 152 valence electrons. The fourth-order valence-electron chi connectivity index (χ4n) is 2.72. The maximum atomic E-state index is 14.3. The molecule has 2 aromatic carbocycles. The number of hydrogen-bond acceptors (Lipinski definition) is 6. The first-order chi connectivity index (χ1) is 13.7. The lowest BCUT2D eigenvalue weighted by Gasteiger charge is -2.39. The van der Waals surface area contributed by atoms with Crippen LogP contribution in [-0.4, -0.2) is 28.6 Å². The van der Waals surface area contributed by atoms with Gasteiger partial charge in [-0.05, 0) is 31.2 Å². The van der Waals surface area contributed by atoms with Crippen molar-refractivity contribution in [1.82, 2.24) is 0 Å². The third kappa shape index (κ3) is 3.93. The zero-order chi connectivity index (χ0) is 21.2. The number of carbonyl (C=O) groups is 1. The number of halogens is 3. The summed E-state index contributed by atoms with van der Waals surface area (Å²) in [7, 11) is 0. The molecule has 0 saturated heterocycles. The molecule has 1 atom stereocenters. The lowest BCUT2D eigenvalue weighted by atomic mass is 10.00. The third-order valence-corrected chi connectivity index (χ3v) is 5.32. The van der Waals surface area contributed by atoms with Crippen molar-refractivity contribution in [3.8, 4) is 5.75 Å². The molecule has 3 rings (SSSR count). The van der Waals surface area contributed by atoms with Crippen molar-refractivity contribution >= 4 is 29.5 Å². The highest BCUT2D eigenvalue weighted by molar-refractivity contribution is 8.00. The largest absolute Gasteiger partial charge is 0.462 e. The van der Waals surface area contributed by atoms with Gasteiger partial charge in [0.05, 0.1) is 11.5 Å². The molecule has 0 spiro atoms. The van der Waals surface area contributed by atoms with Crippen LogP contribution in [0.15, 0.2) is 59.0 Å². The molecule has 0 aliphatic carbocycles. The van der Waals surface area contributed by atoms with Crippen molar-refractivity contribution in [3.63, 3.8) is 0 Å². The summed E-state index contributed by atoms with van der Waals surface area (Å²) in [5.74, 6) is -1.45. The van der Waals surface area contributed by atoms with Gasteiger partial charge in [-0.1, -0.05) is 30.0 Å². The number of carbonyl (C=O) groups excluding carboxylic acids is 1. The number of benzene rings is 2. The van der Waals surface area contributed by atoms with E-state index in [1.807, 2.05) is 0 Å². The van der Waals surface area contributed by atoms with Gasteiger partial charge in [-0.25, -0.2) is 4.79 Å². The van der Waals surface area contributed by atoms with Crippen molar-refractivity contribution in [1.29, 1.82) is 0 Å². The molecule has 1 aliphatic heterocycles. The van der Waals surface area contributed by atoms with Crippen molar-refractivity contribution < 1.29 is 32.4 Å². The van der Waals surface area contributed by atoms with Crippen LogP contribution in [0.1, 0.15) is 12.5 Å². The van der Waals surface area contributed by atoms with Crippen molar-refractivity contribution in [2.75, 3.05) is 6.61 Å². The van der Waals surface area contributed by atoms with E-state index in [-0.39, 0.29) is 28.5 Å². The van der Waals surface area contributed by atoms with E-state index in [2.05, 4.69) is 0 Å². The molecule has 0 N–H and O–H groups in total. The highest BCUT2D eigenvalue weighted by Crippen LogP contribution is 2.54. The number of thioether (sulfide) groups is 1. The summed E-state index contributed by atoms with van der Waals surface area (Å²) < 4.78 is 53.2. The number of non-ortho nitro benzene ring substituents is 1. The first-order valence-electron chi connectivity index (χ1n) is 8.35. The van der Waals surface area contributed by atoms with Crippen LogP contribution in [-0.2, 0) is 9.53 Å². The number of nitrogens with zero attached hydrogens (tertiary/aromatic N) is 1. The molecular weight excluding hydrogens is 411 g/mol. The van der Waals surface area contributed by atoms with E-state index in [0.717, 1.165) is 24.3 Å². The Morgan fingerprint density at radius 3 is 2.52 bits per heavy atom. The van der Waals surface area contributed by atoms with Crippen molar-refractivity contribution in [3.05, 3.63) is 69.8 Å². The fraction of sp³-hybridized carbons (Fsp3) is 0.211. The highest BCUT2D eigenvalue weighted by Gasteiger charge is 2.64. The number of rotatable bonds is 5. The average Bonchev–Trinajstić information content (AvgIpc) is 2.67. The Morgan fingerprint density at radius 1 is 1.24 bits per heavy atom. The molecular formula is C19H14F3NO5S. The van der Waals surface area contributed by atoms with Gasteiger partial charge < -0.3 is 9.47 Å². The second-order valence-electron chi connectivity index (χ2n) is 5.89. The van der Waals surface area contributed by atoms with Crippen LogP contribution in [0.3, 0.4) is 0 Å². The molecule has 0 amide bonds. The number of ether oxygens (including phenoxy) is 2. The summed E-state index contributed by atoms with van der Waals surface area (Å²) in [5, 5.41) is 11.0. The Bertz CT molecular complexity index is 978. The molecule has 0 radical (unpaired) electrons. The van der Waals surface area contributed by atoms with E-state index < -0.39 is 27.6 Å². The summed E-state index contributed by atoms with van der Waals surface area (Å²) in [6.07, 6.45) is -4.07. The minimum Gasteiger partial charge on any atom is -0.462 e. The summed E-state index contributed by atoms with van der Waals surface area (Å²) >= 11 is 0.305. The SMILES string of the molecule is CCOC(=O)C1=Cc2cc([N+](=O)[O-])ccc2OC1(Sc1ccccc1)C(F)(F)F. The van der Waals surface area contributed by atoms with E-state index in [1.165, 1.54) is 19.1 Å². The molecule has 1 aliphatic rings. The lowest BCUT2D eigenvalue weighted by Crippen LogP contribution is -2.52. The number of nitro benzene ring substituents is 1. The van der Waals surface area contributed by atoms with Gasteiger partial charge >= 0.3 is 12.1 Å². The number of alkyl halides is 3. The minimum atomic E-state index is -5.01. The normalized spacial score (nSPS) is 18.3. The van der Waals surface area contributed by atoms with Crippen LogP contribution in [0.2, 0.25) is 0 Å². The average molecular weight is 425 g/mol. The fourth-order valence-corrected chi connectivity index (χ4v) is 3.84. The topological polar surface area (TPSA) is 78.7 Å². The van der Waals surface area contributed by atoms with E-state index in [0.29, 0.717) is 11.8 Å². The van der Waals surface area contributed by atoms with Crippen LogP contribution in [0.25, 0.3) is 6.08 Å². The van der Waals surface area contributed by atoms with Gasteiger partial charge in [0.2, 0.25) is 0 Å². The van der Waals surface area contributed by atoms with Crippen LogP contribution < -0.4 is 4.74 Å². The number of fused-ring (bicyclic) bond motifs is 1. The molecule has 0 bridgehead atoms. The molecule has 29 heavy (non-hydrogen) atoms. The van der Waals surface area contributed by atoms with E-state index in [1.54, 1.807) is 18.2 Å². The first kappa shape index (κ1) is 20.7. The van der Waals surface area contributed by atoms with Gasteiger partial charge in [-0.15, -0.1) is 0 Å². The van der Waals surface area contributed by atoms with Crippen LogP contribution >= 0.6 is 11.8 Å². The Morgan fingerprint density at radius 2 is 1.93 bits per heavy atom. The number of nitro groups is 1. The smallest absolute Gasteiger partial charge is 0.443 e. The van der Waals surface area contributed by atoms with Gasteiger partial charge in [0.15, 0.2) is 0 Å². The first-order valence-corrected chi connectivity index (χ1v) is 9.17. The summed E-state index contributed by atoms with van der Waals surface area (Å²) in [6.45, 7) is 1.31.